The van der Waals surface area contributed by atoms with Crippen molar-refractivity contribution in [3.63, 3.8) is 0 Å². The molecule has 224 valence electrons. The number of carbonyl (C=O) groups excluding carboxylic acids is 2. The van der Waals surface area contributed by atoms with Gasteiger partial charge in [-0.1, -0.05) is 60.7 Å². The van der Waals surface area contributed by atoms with Gasteiger partial charge in [0.2, 0.25) is 0 Å². The lowest BCUT2D eigenvalue weighted by Crippen LogP contribution is -2.62. The molecule has 2 aromatic heterocycles. The van der Waals surface area contributed by atoms with Crippen LogP contribution >= 0.6 is 0 Å². The molecule has 1 aliphatic heterocycles. The van der Waals surface area contributed by atoms with E-state index in [1.54, 1.807) is 0 Å². The first-order valence-electron chi connectivity index (χ1n) is 15.6. The average Bonchev–Trinajstić information content (AvgIpc) is 3.51. The zero-order chi connectivity index (χ0) is 31.0. The minimum atomic E-state index is -0.695. The number of carbonyl (C=O) groups is 2. The first-order chi connectivity index (χ1) is 21.0. The number of benzene rings is 4. The quantitative estimate of drug-likeness (QED) is 0.194. The maximum Gasteiger partial charge on any atom is 0.184 e. The predicted molar refractivity (Wildman–Crippen MR) is 181 cm³/mol. The summed E-state index contributed by atoms with van der Waals surface area (Å²) in [6.45, 7) is 11.0. The second-order valence-corrected chi connectivity index (χ2v) is 13.3. The Morgan fingerprint density at radius 2 is 0.841 bits per heavy atom. The molecule has 0 unspecified atom stereocenters. The molecule has 7 rings (SSSR count). The fourth-order valence-electron chi connectivity index (χ4n) is 7.61. The third kappa shape index (κ3) is 4.08. The molecule has 4 aromatic carbocycles. The largest absolute Gasteiger partial charge is 0.343 e. The number of aryl methyl sites for hydroxylation is 2. The molecule has 0 radical (unpaired) electrons. The molecule has 0 N–H and O–H groups in total. The first kappa shape index (κ1) is 28.5. The van der Waals surface area contributed by atoms with Gasteiger partial charge < -0.3 is 9.13 Å². The van der Waals surface area contributed by atoms with E-state index in [0.29, 0.717) is 26.2 Å². The number of hydrogen-bond acceptors (Lipinski definition) is 4. The van der Waals surface area contributed by atoms with Crippen molar-refractivity contribution in [1.29, 1.82) is 0 Å². The molecular formula is C38H40N4O2. The van der Waals surface area contributed by atoms with E-state index in [4.69, 9.17) is 0 Å². The Morgan fingerprint density at radius 3 is 1.23 bits per heavy atom. The molecule has 0 spiro atoms. The molecule has 0 atom stereocenters. The molecule has 3 heterocycles. The summed E-state index contributed by atoms with van der Waals surface area (Å²) in [5.41, 5.74) is 4.35. The number of hydrogen-bond donors (Lipinski definition) is 0. The Hall–Kier alpha value is -4.26. The van der Waals surface area contributed by atoms with E-state index in [1.165, 1.54) is 0 Å². The molecule has 6 aromatic rings. The summed E-state index contributed by atoms with van der Waals surface area (Å²) >= 11 is 0. The zero-order valence-corrected chi connectivity index (χ0v) is 26.5. The normalized spacial score (nSPS) is 15.6. The third-order valence-corrected chi connectivity index (χ3v) is 10.3. The summed E-state index contributed by atoms with van der Waals surface area (Å²) in [4.78, 5) is 33.2. The van der Waals surface area contributed by atoms with Crippen molar-refractivity contribution < 1.29 is 9.59 Å². The summed E-state index contributed by atoms with van der Waals surface area (Å²) in [5, 5.41) is 4.54. The van der Waals surface area contributed by atoms with Crippen molar-refractivity contribution >= 4 is 55.2 Å². The zero-order valence-electron chi connectivity index (χ0n) is 26.5. The number of ketones is 2. The van der Waals surface area contributed by atoms with E-state index in [2.05, 4.69) is 55.3 Å². The van der Waals surface area contributed by atoms with Crippen LogP contribution in [-0.4, -0.2) is 67.8 Å². The van der Waals surface area contributed by atoms with E-state index in [1.807, 2.05) is 90.3 Å². The molecule has 1 saturated heterocycles. The van der Waals surface area contributed by atoms with Gasteiger partial charge in [0.25, 0.3) is 0 Å². The van der Waals surface area contributed by atoms with Gasteiger partial charge in [0.05, 0.1) is 22.1 Å². The van der Waals surface area contributed by atoms with E-state index in [0.717, 1.165) is 54.7 Å². The number of Topliss-reactive ketones (excluding diaryl/α,β-unsaturated/α-hetero) is 2. The molecule has 44 heavy (non-hydrogen) atoms. The van der Waals surface area contributed by atoms with Crippen LogP contribution in [0.2, 0.25) is 0 Å². The summed E-state index contributed by atoms with van der Waals surface area (Å²) < 4.78 is 4.30. The maximum atomic E-state index is 14.3. The Kier molecular flexibility index (Phi) is 6.57. The molecule has 1 aliphatic rings. The van der Waals surface area contributed by atoms with Crippen LogP contribution in [0.1, 0.15) is 48.4 Å². The van der Waals surface area contributed by atoms with Crippen LogP contribution in [0.4, 0.5) is 0 Å². The molecule has 1 fully saturated rings. The monoisotopic (exact) mass is 584 g/mol. The summed E-state index contributed by atoms with van der Waals surface area (Å²) in [6, 6.07) is 28.8. The Morgan fingerprint density at radius 1 is 0.500 bits per heavy atom. The van der Waals surface area contributed by atoms with Crippen LogP contribution in [0, 0.1) is 0 Å². The Labute approximate surface area is 258 Å². The molecule has 0 saturated carbocycles. The minimum absolute atomic E-state index is 0.125. The van der Waals surface area contributed by atoms with E-state index in [-0.39, 0.29) is 11.6 Å². The second kappa shape index (κ2) is 10.1. The van der Waals surface area contributed by atoms with Crippen LogP contribution in [0.25, 0.3) is 43.6 Å². The van der Waals surface area contributed by atoms with E-state index >= 15 is 0 Å². The average molecular weight is 585 g/mol. The fourth-order valence-corrected chi connectivity index (χ4v) is 7.61. The number of nitrogens with zero attached hydrogens (tertiary/aromatic N) is 4. The lowest BCUT2D eigenvalue weighted by atomic mass is 9.87. The van der Waals surface area contributed by atoms with Crippen molar-refractivity contribution in [2.45, 2.75) is 38.8 Å². The maximum absolute atomic E-state index is 14.3. The van der Waals surface area contributed by atoms with Gasteiger partial charge >= 0.3 is 0 Å². The van der Waals surface area contributed by atoms with Crippen molar-refractivity contribution in [3.05, 3.63) is 96.1 Å². The smallest absolute Gasteiger partial charge is 0.184 e. The molecule has 0 bridgehead atoms. The van der Waals surface area contributed by atoms with Crippen LogP contribution in [0.3, 0.4) is 0 Å². The van der Waals surface area contributed by atoms with Crippen LogP contribution in [-0.2, 0) is 14.1 Å². The van der Waals surface area contributed by atoms with Crippen molar-refractivity contribution in [3.8, 4) is 0 Å². The van der Waals surface area contributed by atoms with Gasteiger partial charge in [-0.05, 0) is 52.0 Å². The SMILES string of the molecule is Cn1c2ccccc2c2cccc(C(=O)C(C)(C)N3CCN(C(C)(C)C(=O)c4cccc5c6ccccc6n(C)c45)CC3)c21. The van der Waals surface area contributed by atoms with Crippen LogP contribution < -0.4 is 0 Å². The number of piperazine rings is 1. The highest BCUT2D eigenvalue weighted by molar-refractivity contribution is 6.19. The van der Waals surface area contributed by atoms with Gasteiger partial charge in [-0.2, -0.15) is 0 Å². The number of aromatic nitrogens is 2. The summed E-state index contributed by atoms with van der Waals surface area (Å²) in [7, 11) is 4.09. The van der Waals surface area contributed by atoms with E-state index < -0.39 is 11.1 Å². The first-order valence-corrected chi connectivity index (χ1v) is 15.6. The van der Waals surface area contributed by atoms with Crippen molar-refractivity contribution in [2.24, 2.45) is 14.1 Å². The van der Waals surface area contributed by atoms with Gasteiger partial charge in [-0.3, -0.25) is 19.4 Å². The molecular weight excluding hydrogens is 544 g/mol. The second-order valence-electron chi connectivity index (χ2n) is 13.3. The number of para-hydroxylation sites is 4. The Bertz CT molecular complexity index is 1950. The lowest BCUT2D eigenvalue weighted by molar-refractivity contribution is 0.0134. The number of rotatable bonds is 6. The van der Waals surface area contributed by atoms with Crippen LogP contribution in [0.15, 0.2) is 84.9 Å². The highest BCUT2D eigenvalue weighted by Gasteiger charge is 2.42. The van der Waals surface area contributed by atoms with Gasteiger partial charge in [0.15, 0.2) is 11.6 Å². The topological polar surface area (TPSA) is 50.5 Å². The van der Waals surface area contributed by atoms with Gasteiger partial charge in [-0.25, -0.2) is 0 Å². The van der Waals surface area contributed by atoms with E-state index in [9.17, 15) is 9.59 Å². The molecule has 0 aliphatic carbocycles. The summed E-state index contributed by atoms with van der Waals surface area (Å²) in [6.07, 6.45) is 0. The predicted octanol–water partition coefficient (Wildman–Crippen LogP) is 7.22. The third-order valence-electron chi connectivity index (χ3n) is 10.3. The van der Waals surface area contributed by atoms with Crippen molar-refractivity contribution in [1.82, 2.24) is 18.9 Å². The lowest BCUT2D eigenvalue weighted by Gasteiger charge is -2.47. The standard InChI is InChI=1S/C38H40N4O2/c1-37(2,35(43)29-17-11-15-27-25-13-7-9-19-31(25)39(5)33(27)29)41-21-23-42(24-22-41)38(3,4)36(44)30-18-12-16-28-26-14-8-10-20-32(26)40(6)34(28)30/h7-20H,21-24H2,1-6H3. The van der Waals surface area contributed by atoms with Crippen molar-refractivity contribution in [2.75, 3.05) is 26.2 Å². The molecule has 6 nitrogen and oxygen atoms in total. The van der Waals surface area contributed by atoms with Crippen LogP contribution in [0.5, 0.6) is 0 Å². The number of fused-ring (bicyclic) bond motifs is 6. The Balaban J connectivity index is 1.14. The fraction of sp³-hybridized carbons (Fsp3) is 0.316. The van der Waals surface area contributed by atoms with Gasteiger partial charge in [-0.15, -0.1) is 0 Å². The highest BCUT2D eigenvalue weighted by atomic mass is 16.1. The minimum Gasteiger partial charge on any atom is -0.343 e. The molecule has 0 amide bonds. The highest BCUT2D eigenvalue weighted by Crippen LogP contribution is 2.35. The molecule has 6 heteroatoms. The van der Waals surface area contributed by atoms with Gasteiger partial charge in [0, 0.05) is 84.0 Å². The van der Waals surface area contributed by atoms with Gasteiger partial charge in [0.1, 0.15) is 0 Å². The summed E-state index contributed by atoms with van der Waals surface area (Å²) in [5.74, 6) is 0.250.